The largest absolute Gasteiger partial charge is 0.351 e. The van der Waals surface area contributed by atoms with Crippen molar-refractivity contribution in [1.29, 1.82) is 0 Å². The minimum Gasteiger partial charge on any atom is -0.351 e. The number of benzene rings is 1. The van der Waals surface area contributed by atoms with Crippen LogP contribution in [0.4, 0.5) is 0 Å². The van der Waals surface area contributed by atoms with Gasteiger partial charge in [0.25, 0.3) is 0 Å². The molecule has 2 atom stereocenters. The number of likely N-dealkylation sites (tertiary alicyclic amines) is 1. The van der Waals surface area contributed by atoms with Gasteiger partial charge in [0.1, 0.15) is 0 Å². The quantitative estimate of drug-likeness (QED) is 0.888. The van der Waals surface area contributed by atoms with E-state index in [2.05, 4.69) is 41.5 Å². The topological polar surface area (TPSA) is 62.3 Å². The van der Waals surface area contributed by atoms with Crippen LogP contribution in [0.2, 0.25) is 0 Å². The Labute approximate surface area is 159 Å². The molecular formula is C22H25N3O2. The maximum absolute atomic E-state index is 12.8. The predicted octanol–water partition coefficient (Wildman–Crippen LogP) is 2.45. The van der Waals surface area contributed by atoms with E-state index in [1.165, 1.54) is 11.1 Å². The van der Waals surface area contributed by atoms with Gasteiger partial charge in [-0.3, -0.25) is 14.6 Å². The van der Waals surface area contributed by atoms with Gasteiger partial charge in [-0.1, -0.05) is 35.9 Å². The average Bonchev–Trinajstić information content (AvgIpc) is 3.44. The molecule has 140 valence electrons. The summed E-state index contributed by atoms with van der Waals surface area (Å²) in [7, 11) is 0. The molecule has 2 amide bonds. The smallest absolute Gasteiger partial charge is 0.227 e. The number of nitrogens with one attached hydrogen (secondary N) is 1. The lowest BCUT2D eigenvalue weighted by molar-refractivity contribution is -0.130. The van der Waals surface area contributed by atoms with E-state index in [-0.39, 0.29) is 29.7 Å². The third-order valence-corrected chi connectivity index (χ3v) is 5.53. The van der Waals surface area contributed by atoms with E-state index in [9.17, 15) is 9.59 Å². The highest BCUT2D eigenvalue weighted by molar-refractivity contribution is 5.82. The van der Waals surface area contributed by atoms with Crippen LogP contribution in [0.3, 0.4) is 0 Å². The number of hydrogen-bond acceptors (Lipinski definition) is 3. The molecule has 4 rings (SSSR count). The van der Waals surface area contributed by atoms with Crippen molar-refractivity contribution >= 4 is 11.8 Å². The van der Waals surface area contributed by atoms with Crippen LogP contribution in [-0.2, 0) is 16.0 Å². The molecule has 1 N–H and O–H groups in total. The Balaban J connectivity index is 1.49. The molecule has 2 heterocycles. The van der Waals surface area contributed by atoms with Gasteiger partial charge in [0, 0.05) is 37.3 Å². The number of rotatable bonds is 5. The molecule has 2 aliphatic rings. The number of amides is 2. The van der Waals surface area contributed by atoms with Crippen LogP contribution in [0.25, 0.3) is 0 Å². The van der Waals surface area contributed by atoms with E-state index in [0.717, 1.165) is 18.4 Å². The number of hydrogen-bond donors (Lipinski definition) is 1. The zero-order chi connectivity index (χ0) is 18.8. The van der Waals surface area contributed by atoms with Gasteiger partial charge in [-0.2, -0.15) is 0 Å². The highest BCUT2D eigenvalue weighted by Crippen LogP contribution is 2.32. The number of nitrogens with zero attached hydrogens (tertiary/aromatic N) is 2. The van der Waals surface area contributed by atoms with Crippen LogP contribution in [0.1, 0.15) is 35.4 Å². The van der Waals surface area contributed by atoms with Gasteiger partial charge in [0.2, 0.25) is 11.8 Å². The third kappa shape index (κ3) is 4.18. The lowest BCUT2D eigenvalue weighted by Crippen LogP contribution is -2.41. The van der Waals surface area contributed by atoms with Crippen molar-refractivity contribution in [2.45, 2.75) is 38.1 Å². The Morgan fingerprint density at radius 1 is 1.15 bits per heavy atom. The van der Waals surface area contributed by atoms with E-state index in [1.54, 1.807) is 12.4 Å². The standard InChI is InChI=1S/C22H25N3O2/c1-15-4-6-17(7-5-15)19-13-25(14-20(19)24-22(27)18-8-9-18)21(26)11-16-3-2-10-23-12-16/h2-7,10,12,18-20H,8-9,11,13-14H2,1H3,(H,24,27)/t19-,20+/m0/s1. The zero-order valence-electron chi connectivity index (χ0n) is 15.6. The second-order valence-corrected chi connectivity index (χ2v) is 7.74. The summed E-state index contributed by atoms with van der Waals surface area (Å²) in [4.78, 5) is 31.1. The molecule has 5 nitrogen and oxygen atoms in total. The lowest BCUT2D eigenvalue weighted by atomic mass is 9.93. The van der Waals surface area contributed by atoms with Crippen molar-refractivity contribution in [2.75, 3.05) is 13.1 Å². The Bertz CT molecular complexity index is 815. The van der Waals surface area contributed by atoms with Crippen LogP contribution in [0, 0.1) is 12.8 Å². The van der Waals surface area contributed by atoms with Gasteiger partial charge in [0.05, 0.1) is 12.5 Å². The Kier molecular flexibility index (Phi) is 4.92. The van der Waals surface area contributed by atoms with Crippen molar-refractivity contribution < 1.29 is 9.59 Å². The number of carbonyl (C=O) groups is 2. The summed E-state index contributed by atoms with van der Waals surface area (Å²) in [6.07, 6.45) is 5.75. The molecule has 1 aromatic heterocycles. The maximum atomic E-state index is 12.8. The monoisotopic (exact) mass is 363 g/mol. The summed E-state index contributed by atoms with van der Waals surface area (Å²) in [6.45, 7) is 3.27. The molecule has 1 aliphatic carbocycles. The first-order valence-electron chi connectivity index (χ1n) is 9.64. The molecule has 1 saturated heterocycles. The lowest BCUT2D eigenvalue weighted by Gasteiger charge is -2.20. The third-order valence-electron chi connectivity index (χ3n) is 5.53. The highest BCUT2D eigenvalue weighted by atomic mass is 16.2. The van der Waals surface area contributed by atoms with Crippen molar-refractivity contribution in [3.8, 4) is 0 Å². The number of carbonyl (C=O) groups excluding carboxylic acids is 2. The van der Waals surface area contributed by atoms with Gasteiger partial charge in [-0.05, 0) is 37.0 Å². The van der Waals surface area contributed by atoms with Crippen molar-refractivity contribution in [2.24, 2.45) is 5.92 Å². The van der Waals surface area contributed by atoms with Crippen LogP contribution in [-0.4, -0.2) is 40.8 Å². The number of aromatic nitrogens is 1. The summed E-state index contributed by atoms with van der Waals surface area (Å²) < 4.78 is 0. The second kappa shape index (κ2) is 7.51. The molecule has 27 heavy (non-hydrogen) atoms. The molecule has 1 aliphatic heterocycles. The maximum Gasteiger partial charge on any atom is 0.227 e. The zero-order valence-corrected chi connectivity index (χ0v) is 15.6. The summed E-state index contributed by atoms with van der Waals surface area (Å²) in [5.74, 6) is 0.525. The average molecular weight is 363 g/mol. The molecule has 0 unspecified atom stereocenters. The van der Waals surface area contributed by atoms with Gasteiger partial charge in [0.15, 0.2) is 0 Å². The van der Waals surface area contributed by atoms with Gasteiger partial charge in [-0.15, -0.1) is 0 Å². The fourth-order valence-electron chi connectivity index (χ4n) is 3.74. The molecule has 5 heteroatoms. The summed E-state index contributed by atoms with van der Waals surface area (Å²) >= 11 is 0. The van der Waals surface area contributed by atoms with E-state index >= 15 is 0 Å². The Morgan fingerprint density at radius 2 is 1.93 bits per heavy atom. The van der Waals surface area contributed by atoms with Crippen LogP contribution >= 0.6 is 0 Å². The normalized spacial score (nSPS) is 21.9. The van der Waals surface area contributed by atoms with E-state index in [0.29, 0.717) is 19.5 Å². The molecule has 2 fully saturated rings. The predicted molar refractivity (Wildman–Crippen MR) is 103 cm³/mol. The van der Waals surface area contributed by atoms with E-state index in [4.69, 9.17) is 0 Å². The molecule has 2 aromatic rings. The molecule has 0 radical (unpaired) electrons. The number of pyridine rings is 1. The molecule has 1 aromatic carbocycles. The molecule has 0 bridgehead atoms. The van der Waals surface area contributed by atoms with Gasteiger partial charge < -0.3 is 10.2 Å². The van der Waals surface area contributed by atoms with Crippen molar-refractivity contribution in [3.05, 3.63) is 65.5 Å². The van der Waals surface area contributed by atoms with E-state index < -0.39 is 0 Å². The van der Waals surface area contributed by atoms with Crippen LogP contribution in [0.15, 0.2) is 48.8 Å². The minimum atomic E-state index is -0.0290. The highest BCUT2D eigenvalue weighted by Gasteiger charge is 2.39. The van der Waals surface area contributed by atoms with E-state index in [1.807, 2.05) is 17.0 Å². The van der Waals surface area contributed by atoms with Crippen molar-refractivity contribution in [3.63, 3.8) is 0 Å². The van der Waals surface area contributed by atoms with Crippen molar-refractivity contribution in [1.82, 2.24) is 15.2 Å². The van der Waals surface area contributed by atoms with Gasteiger partial charge >= 0.3 is 0 Å². The summed E-state index contributed by atoms with van der Waals surface area (Å²) in [5.41, 5.74) is 3.30. The Morgan fingerprint density at radius 3 is 2.59 bits per heavy atom. The fourth-order valence-corrected chi connectivity index (χ4v) is 3.74. The first kappa shape index (κ1) is 17.7. The second-order valence-electron chi connectivity index (χ2n) is 7.74. The van der Waals surface area contributed by atoms with Crippen LogP contribution in [0.5, 0.6) is 0 Å². The van der Waals surface area contributed by atoms with Crippen LogP contribution < -0.4 is 5.32 Å². The summed E-state index contributed by atoms with van der Waals surface area (Å²) in [5, 5.41) is 3.21. The fraction of sp³-hybridized carbons (Fsp3) is 0.409. The molecular weight excluding hydrogens is 338 g/mol. The minimum absolute atomic E-state index is 0.0290. The Hall–Kier alpha value is -2.69. The molecule has 1 saturated carbocycles. The first-order chi connectivity index (χ1) is 13.1. The van der Waals surface area contributed by atoms with Gasteiger partial charge in [-0.25, -0.2) is 0 Å². The first-order valence-corrected chi connectivity index (χ1v) is 9.64. The SMILES string of the molecule is Cc1ccc([C@@H]2CN(C(=O)Cc3cccnc3)C[C@H]2NC(=O)C2CC2)cc1. The summed E-state index contributed by atoms with van der Waals surface area (Å²) in [6, 6.07) is 12.2. The molecule has 0 spiro atoms. The number of aryl methyl sites for hydroxylation is 1.